The summed E-state index contributed by atoms with van der Waals surface area (Å²) in [7, 11) is -3.04. The van der Waals surface area contributed by atoms with Gasteiger partial charge in [0.2, 0.25) is 0 Å². The number of aryl methyl sites for hydroxylation is 6. The van der Waals surface area contributed by atoms with E-state index in [1.54, 1.807) is 65.0 Å². The number of benzene rings is 6. The number of aldehydes is 1. The zero-order chi connectivity index (χ0) is 71.8. The molecule has 1 unspecified atom stereocenters. The van der Waals surface area contributed by atoms with Crippen molar-refractivity contribution in [1.82, 2.24) is 0 Å². The molecule has 1 aliphatic rings. The monoisotopic (exact) mass is 1690 g/mol. The quantitative estimate of drug-likeness (QED) is 0.0124. The van der Waals surface area contributed by atoms with Crippen LogP contribution in [0.5, 0.6) is 0 Å². The van der Waals surface area contributed by atoms with Gasteiger partial charge in [-0.25, -0.2) is 41.2 Å². The van der Waals surface area contributed by atoms with Crippen molar-refractivity contribution in [3.05, 3.63) is 199 Å². The van der Waals surface area contributed by atoms with Crippen molar-refractivity contribution in [3.8, 4) is 0 Å². The van der Waals surface area contributed by atoms with Gasteiger partial charge in [0, 0.05) is 44.7 Å². The molecule has 9 N–H and O–H groups in total. The fourth-order valence-corrected chi connectivity index (χ4v) is 7.91. The van der Waals surface area contributed by atoms with Gasteiger partial charge in [-0.3, -0.25) is 19.7 Å². The summed E-state index contributed by atoms with van der Waals surface area (Å²) in [6.07, 6.45) is 0.0117. The molecule has 0 saturated carbocycles. The fraction of sp³-hybridized carbons (Fsp3) is 0.283. The maximum Gasteiger partial charge on any atom is 1.00 e. The second-order valence-corrected chi connectivity index (χ2v) is 25.0. The van der Waals surface area contributed by atoms with E-state index in [4.69, 9.17) is 50.5 Å². The zero-order valence-corrected chi connectivity index (χ0v) is 66.8. The van der Waals surface area contributed by atoms with Crippen molar-refractivity contribution in [2.75, 3.05) is 16.4 Å². The van der Waals surface area contributed by atoms with Gasteiger partial charge in [0.1, 0.15) is 51.6 Å². The van der Waals surface area contributed by atoms with E-state index in [0.717, 1.165) is 44.0 Å². The minimum absolute atomic E-state index is 0. The summed E-state index contributed by atoms with van der Waals surface area (Å²) in [6, 6.07) is 19.3. The number of ketones is 1. The van der Waals surface area contributed by atoms with Gasteiger partial charge in [-0.05, 0) is 234 Å². The molecule has 0 fully saturated rings. The molecule has 0 bridgehead atoms. The standard InChI is InChI=1S/C12H15BrFNO2.C12H14FNO.C8H6BrFO2.C8H6BrFO.C7H7BrFN.C7H6BrF.C4H9NO2.C2H4.ClO2.2Na.HO4P.H/c1-7-5-6-8(14)10(9(7)13)15-11(16)17-12(2,3)4;1-7-4-5-9(13)8-6-10(15)12(2,3)14-11(7)8;1-4-2-3-5(10)6(7(4)9)8(11)12;1-5-2-3-7(10)6(4-11)8(5)9;1-4-2-3-5(9)7(10)6(4)8;1-5-2-3-6(9)4-7(5)8;1-4(2,5)3(6)7;1-2;2-1-3;;;1-4-5(2)3;/h5-6H,1-4H3,(H,15,16);4-5,14H,6H2,1-3H3;2-3H,1H3,(H,11,12);2-4H,1H3;2-3H,10H2,1H3;2-4H,1H3;5H2,1-2H3,(H,6,7);1-2H2;;;;1H;/q;;;;;;;;-1;2*+1;;-1. The summed E-state index contributed by atoms with van der Waals surface area (Å²) in [5.41, 5.74) is 14.8. The Balaban J connectivity index is -0.000000236. The van der Waals surface area contributed by atoms with Crippen LogP contribution in [0, 0.1) is 87.8 Å². The Labute approximate surface area is 629 Å². The molecule has 1 heterocycles. The molecular weight excluding hydrogens is 1630 g/mol. The number of carbonyl (C=O) groups excluding carboxylic acids is 3. The number of aliphatic carboxylic acids is 1. The fourth-order valence-electron chi connectivity index (χ4n) is 5.91. The molecule has 0 saturated heterocycles. The molecule has 1 amide bonds. The number of nitrogens with two attached hydrogens (primary N) is 2. The predicted molar refractivity (Wildman–Crippen MR) is 348 cm³/mol. The van der Waals surface area contributed by atoms with E-state index in [2.05, 4.69) is 108 Å². The number of rotatable bonds is 5. The molecule has 1 atom stereocenters. The van der Waals surface area contributed by atoms with Gasteiger partial charge in [-0.15, -0.1) is 13.2 Å². The first kappa shape index (κ1) is 98.0. The third-order valence-electron chi connectivity index (χ3n) is 10.9. The Hall–Kier alpha value is -3.66. The van der Waals surface area contributed by atoms with Crippen LogP contribution in [0.15, 0.2) is 114 Å². The molecule has 18 nitrogen and oxygen atoms in total. The van der Waals surface area contributed by atoms with Crippen molar-refractivity contribution < 1.29 is 166 Å². The molecule has 0 aliphatic carbocycles. The molecule has 6 aromatic carbocycles. The van der Waals surface area contributed by atoms with Crippen LogP contribution in [-0.4, -0.2) is 62.3 Å². The molecule has 33 heteroatoms. The van der Waals surface area contributed by atoms with Crippen molar-refractivity contribution in [2.24, 2.45) is 5.73 Å². The summed E-state index contributed by atoms with van der Waals surface area (Å²) in [5.74, 6) is -4.81. The zero-order valence-electron chi connectivity index (χ0n) is 54.2. The van der Waals surface area contributed by atoms with Crippen LogP contribution >= 0.6 is 87.9 Å². The van der Waals surface area contributed by atoms with E-state index in [1.165, 1.54) is 56.3 Å². The Morgan fingerprint density at radius 2 is 1.10 bits per heavy atom. The van der Waals surface area contributed by atoms with Gasteiger partial charge >= 0.3 is 85.4 Å². The number of halogens is 12. The number of carboxylic acid groups (broad SMARTS) is 2. The Kier molecular flexibility index (Phi) is 50.7. The summed E-state index contributed by atoms with van der Waals surface area (Å²) in [4.78, 5) is 62.9. The number of amides is 1. The van der Waals surface area contributed by atoms with E-state index < -0.39 is 71.7 Å². The molecule has 1 aliphatic heterocycles. The molecule has 504 valence electrons. The number of nitrogen functional groups attached to an aromatic ring is 1. The maximum atomic E-state index is 13.5. The average molecular weight is 1700 g/mol. The SMILES string of the molecule is C=C.CC(C)(N)C(=O)O.Cc1ccc(F)c(C(=O)O)c1Br.Cc1ccc(F)c(C=O)c1Br.Cc1ccc(F)c(N)c1Br.Cc1ccc(F)c(NC(=O)OC(C)(C)C)c1Br.Cc1ccc(F)c2c1NC(C)(C)C(=O)C2.Cc1ccc(F)cc1Br.O=[P+]([O-])OO.[H-].[Na+].[Na+].[O-][Cl+][O-]. The normalized spacial score (nSPS) is 11.1. The summed E-state index contributed by atoms with van der Waals surface area (Å²) in [6.45, 7) is 28.8. The number of carboxylic acids is 2. The molecule has 0 spiro atoms. The van der Waals surface area contributed by atoms with E-state index in [0.29, 0.717) is 35.3 Å². The van der Waals surface area contributed by atoms with Crippen LogP contribution in [0.1, 0.15) is 110 Å². The number of Topliss-reactive ketones (excluding diaryl/α,β-unsaturated/α-hetero) is 1. The first-order valence-corrected chi connectivity index (χ1v) is 31.1. The molecule has 6 aromatic rings. The number of anilines is 3. The molecule has 0 radical (unpaired) electrons. The van der Waals surface area contributed by atoms with E-state index in [1.807, 2.05) is 41.5 Å². The van der Waals surface area contributed by atoms with Crippen LogP contribution < -0.4 is 95.4 Å². The maximum absolute atomic E-state index is 13.5. The molecule has 93 heavy (non-hydrogen) atoms. The molecule has 7 rings (SSSR count). The van der Waals surface area contributed by atoms with Crippen LogP contribution in [-0.2, 0) is 30.0 Å². The van der Waals surface area contributed by atoms with Gasteiger partial charge in [-0.1, -0.05) is 52.3 Å². The first-order chi connectivity index (χ1) is 41.8. The van der Waals surface area contributed by atoms with Crippen LogP contribution in [0.4, 0.5) is 48.2 Å². The number of hydrogen-bond acceptors (Lipinski definition) is 15. The summed E-state index contributed by atoms with van der Waals surface area (Å²) < 4.78 is 114. The van der Waals surface area contributed by atoms with Crippen LogP contribution in [0.2, 0.25) is 0 Å². The average Bonchev–Trinajstić information content (AvgIpc) is 0.841. The first-order valence-electron chi connectivity index (χ1n) is 25.4. The van der Waals surface area contributed by atoms with Crippen LogP contribution in [0.3, 0.4) is 0 Å². The van der Waals surface area contributed by atoms with Crippen molar-refractivity contribution in [2.45, 2.75) is 113 Å². The van der Waals surface area contributed by atoms with Crippen molar-refractivity contribution in [1.29, 1.82) is 0 Å². The third-order valence-corrected chi connectivity index (χ3v) is 16.0. The van der Waals surface area contributed by atoms with Gasteiger partial charge in [0.15, 0.2) is 12.1 Å². The number of ether oxygens (including phenoxy) is 1. The van der Waals surface area contributed by atoms with Gasteiger partial charge < -0.3 is 47.4 Å². The van der Waals surface area contributed by atoms with Crippen molar-refractivity contribution in [3.63, 3.8) is 0 Å². The van der Waals surface area contributed by atoms with Crippen molar-refractivity contribution >= 4 is 135 Å². The number of carbonyl (C=O) groups is 5. The van der Waals surface area contributed by atoms with E-state index in [9.17, 15) is 50.3 Å². The Bertz CT molecular complexity index is 3430. The summed E-state index contributed by atoms with van der Waals surface area (Å²) in [5, 5.41) is 29.3. The second kappa shape index (κ2) is 48.1. The Morgan fingerprint density at radius 1 is 0.710 bits per heavy atom. The van der Waals surface area contributed by atoms with Gasteiger partial charge in [0.05, 0.1) is 33.8 Å². The predicted octanol–water partition coefficient (Wildman–Crippen LogP) is 9.22. The van der Waals surface area contributed by atoms with E-state index in [-0.39, 0.29) is 113 Å². The number of aromatic carboxylic acids is 1. The number of nitrogens with one attached hydrogen (secondary N) is 2. The minimum atomic E-state index is -3.04. The topological polar surface area (TPSA) is 327 Å². The van der Waals surface area contributed by atoms with Crippen LogP contribution in [0.25, 0.3) is 0 Å². The molecular formula is C60H69Br5ClF6N4Na2O14P. The molecule has 0 aromatic heterocycles. The Morgan fingerprint density at radius 3 is 1.47 bits per heavy atom. The van der Waals surface area contributed by atoms with Gasteiger partial charge in [-0.2, -0.15) is 0 Å². The number of fused-ring (bicyclic) bond motifs is 1. The smallest absolute Gasteiger partial charge is 1.00 e. The third kappa shape index (κ3) is 37.6. The van der Waals surface area contributed by atoms with Gasteiger partial charge in [0.25, 0.3) is 0 Å². The minimum Gasteiger partial charge on any atom is -1.00 e. The second-order valence-electron chi connectivity index (χ2n) is 20.2. The van der Waals surface area contributed by atoms with E-state index >= 15 is 0 Å². The number of hydrogen-bond donors (Lipinski definition) is 7. The largest absolute Gasteiger partial charge is 1.00 e. The summed E-state index contributed by atoms with van der Waals surface area (Å²) >= 11 is 15.3.